The van der Waals surface area contributed by atoms with Crippen molar-refractivity contribution in [1.29, 1.82) is 0 Å². The molecule has 132 valence electrons. The Hall–Kier alpha value is -1.74. The Morgan fingerprint density at radius 3 is 2.50 bits per heavy atom. The number of carbonyl (C=O) groups excluding carboxylic acids is 2. The highest BCUT2D eigenvalue weighted by molar-refractivity contribution is 7.15. The lowest BCUT2D eigenvalue weighted by Crippen LogP contribution is -2.48. The average molecular weight is 353 g/mol. The number of morpholine rings is 1. The number of urea groups is 1. The van der Waals surface area contributed by atoms with Crippen LogP contribution in [0.1, 0.15) is 24.8 Å². The van der Waals surface area contributed by atoms with Crippen molar-refractivity contribution >= 4 is 28.4 Å². The van der Waals surface area contributed by atoms with E-state index in [4.69, 9.17) is 4.74 Å². The van der Waals surface area contributed by atoms with Crippen molar-refractivity contribution in [2.24, 2.45) is 5.92 Å². The van der Waals surface area contributed by atoms with Gasteiger partial charge < -0.3 is 14.5 Å². The number of nitrogens with zero attached hydrogens (tertiary/aromatic N) is 4. The van der Waals surface area contributed by atoms with E-state index in [2.05, 4.69) is 15.5 Å². The molecule has 24 heavy (non-hydrogen) atoms. The van der Waals surface area contributed by atoms with Gasteiger partial charge >= 0.3 is 6.03 Å². The van der Waals surface area contributed by atoms with Gasteiger partial charge in [0.1, 0.15) is 5.01 Å². The van der Waals surface area contributed by atoms with Gasteiger partial charge in [0.2, 0.25) is 11.0 Å². The number of ether oxygens (including phenoxy) is 1. The third kappa shape index (κ3) is 4.02. The molecule has 3 heterocycles. The topological polar surface area (TPSA) is 87.7 Å². The Balaban J connectivity index is 1.47. The zero-order valence-electron chi connectivity index (χ0n) is 13.9. The summed E-state index contributed by atoms with van der Waals surface area (Å²) < 4.78 is 5.29. The lowest BCUT2D eigenvalue weighted by atomic mass is 9.95. The summed E-state index contributed by atoms with van der Waals surface area (Å²) in [4.78, 5) is 28.4. The van der Waals surface area contributed by atoms with Gasteiger partial charge in [0, 0.05) is 32.1 Å². The van der Waals surface area contributed by atoms with Gasteiger partial charge in [-0.25, -0.2) is 4.79 Å². The number of carbonyl (C=O) groups is 2. The molecule has 0 aliphatic carbocycles. The molecule has 2 saturated heterocycles. The van der Waals surface area contributed by atoms with Crippen LogP contribution in [0.15, 0.2) is 0 Å². The number of anilines is 1. The second kappa shape index (κ2) is 7.89. The molecular weight excluding hydrogens is 330 g/mol. The first kappa shape index (κ1) is 17.1. The van der Waals surface area contributed by atoms with E-state index in [-0.39, 0.29) is 17.9 Å². The third-order valence-corrected chi connectivity index (χ3v) is 5.42. The van der Waals surface area contributed by atoms with Crippen molar-refractivity contribution in [2.45, 2.75) is 26.2 Å². The van der Waals surface area contributed by atoms with Crippen molar-refractivity contribution in [1.82, 2.24) is 20.0 Å². The molecule has 0 bridgehead atoms. The van der Waals surface area contributed by atoms with Crippen LogP contribution in [-0.2, 0) is 16.0 Å². The molecular formula is C15H23N5O3S. The number of piperidine rings is 1. The molecule has 0 saturated carbocycles. The molecule has 2 aliphatic rings. The minimum absolute atomic E-state index is 0.0142. The Bertz CT molecular complexity index is 579. The first-order chi connectivity index (χ1) is 11.7. The van der Waals surface area contributed by atoms with Crippen LogP contribution in [0.3, 0.4) is 0 Å². The Labute approximate surface area is 145 Å². The van der Waals surface area contributed by atoms with Gasteiger partial charge in [0.05, 0.1) is 13.2 Å². The van der Waals surface area contributed by atoms with Crippen LogP contribution >= 0.6 is 11.3 Å². The summed E-state index contributed by atoms with van der Waals surface area (Å²) in [5.74, 6) is 0.218. The predicted molar refractivity (Wildman–Crippen MR) is 90.0 cm³/mol. The van der Waals surface area contributed by atoms with E-state index in [1.807, 2.05) is 11.8 Å². The molecule has 2 fully saturated rings. The van der Waals surface area contributed by atoms with E-state index in [0.29, 0.717) is 57.4 Å². The van der Waals surface area contributed by atoms with Gasteiger partial charge in [-0.2, -0.15) is 0 Å². The number of rotatable bonds is 3. The van der Waals surface area contributed by atoms with Gasteiger partial charge in [-0.3, -0.25) is 10.1 Å². The van der Waals surface area contributed by atoms with Gasteiger partial charge in [-0.05, 0) is 19.3 Å². The summed E-state index contributed by atoms with van der Waals surface area (Å²) in [7, 11) is 0. The monoisotopic (exact) mass is 353 g/mol. The Morgan fingerprint density at radius 1 is 1.17 bits per heavy atom. The van der Waals surface area contributed by atoms with Gasteiger partial charge in [-0.15, -0.1) is 10.2 Å². The fraction of sp³-hybridized carbons (Fsp3) is 0.733. The standard InChI is InChI=1S/C15H23N5O3S/c1-2-12-17-18-14(24-12)16-15(22)20-5-3-11(4-6-20)13(21)19-7-9-23-10-8-19/h11H,2-10H2,1H3,(H,16,18,22). The third-order valence-electron chi connectivity index (χ3n) is 4.44. The van der Waals surface area contributed by atoms with Crippen LogP contribution in [0.5, 0.6) is 0 Å². The molecule has 2 aliphatic heterocycles. The van der Waals surface area contributed by atoms with Crippen molar-refractivity contribution in [2.75, 3.05) is 44.7 Å². The van der Waals surface area contributed by atoms with Crippen molar-refractivity contribution in [3.63, 3.8) is 0 Å². The summed E-state index contributed by atoms with van der Waals surface area (Å²) in [6.45, 7) is 5.77. The van der Waals surface area contributed by atoms with Crippen LogP contribution in [0.4, 0.5) is 9.93 Å². The normalized spacial score (nSPS) is 19.4. The quantitative estimate of drug-likeness (QED) is 0.882. The number of nitrogens with one attached hydrogen (secondary N) is 1. The van der Waals surface area contributed by atoms with Crippen molar-refractivity contribution in [3.8, 4) is 0 Å². The van der Waals surface area contributed by atoms with Gasteiger partial charge in [0.25, 0.3) is 0 Å². The fourth-order valence-electron chi connectivity index (χ4n) is 2.99. The van der Waals surface area contributed by atoms with Crippen molar-refractivity contribution < 1.29 is 14.3 Å². The molecule has 3 rings (SSSR count). The molecule has 1 aromatic heterocycles. The minimum atomic E-state index is -0.161. The van der Waals surface area contributed by atoms with Crippen LogP contribution in [0.25, 0.3) is 0 Å². The number of likely N-dealkylation sites (tertiary alicyclic amines) is 1. The largest absolute Gasteiger partial charge is 0.378 e. The summed E-state index contributed by atoms with van der Waals surface area (Å²) in [5, 5.41) is 12.2. The molecule has 0 atom stereocenters. The SMILES string of the molecule is CCc1nnc(NC(=O)N2CCC(C(=O)N3CCOCC3)CC2)s1. The summed E-state index contributed by atoms with van der Waals surface area (Å²) in [5.41, 5.74) is 0. The maximum atomic E-state index is 12.5. The highest BCUT2D eigenvalue weighted by Gasteiger charge is 2.31. The average Bonchev–Trinajstić information content (AvgIpc) is 3.09. The van der Waals surface area contributed by atoms with Gasteiger partial charge in [-0.1, -0.05) is 18.3 Å². The summed E-state index contributed by atoms with van der Waals surface area (Å²) in [6, 6.07) is -0.161. The van der Waals surface area contributed by atoms with E-state index in [1.165, 1.54) is 11.3 Å². The zero-order valence-corrected chi connectivity index (χ0v) is 14.7. The number of aromatic nitrogens is 2. The molecule has 9 heteroatoms. The van der Waals surface area contributed by atoms with Crippen LogP contribution in [0, 0.1) is 5.92 Å². The molecule has 0 radical (unpaired) electrons. The molecule has 0 aromatic carbocycles. The molecule has 0 spiro atoms. The maximum Gasteiger partial charge on any atom is 0.323 e. The van der Waals surface area contributed by atoms with E-state index in [9.17, 15) is 9.59 Å². The maximum absolute atomic E-state index is 12.5. The number of hydrogen-bond donors (Lipinski definition) is 1. The fourth-order valence-corrected chi connectivity index (χ4v) is 3.66. The first-order valence-corrected chi connectivity index (χ1v) is 9.24. The molecule has 1 aromatic rings. The number of amides is 3. The first-order valence-electron chi connectivity index (χ1n) is 8.42. The minimum Gasteiger partial charge on any atom is -0.378 e. The highest BCUT2D eigenvalue weighted by atomic mass is 32.1. The Morgan fingerprint density at radius 2 is 1.88 bits per heavy atom. The summed E-state index contributed by atoms with van der Waals surface area (Å²) >= 11 is 1.40. The second-order valence-corrected chi connectivity index (χ2v) is 7.05. The highest BCUT2D eigenvalue weighted by Crippen LogP contribution is 2.22. The molecule has 1 N–H and O–H groups in total. The van der Waals surface area contributed by atoms with Crippen LogP contribution in [-0.4, -0.2) is 71.3 Å². The van der Waals surface area contributed by atoms with E-state index in [0.717, 1.165) is 11.4 Å². The number of hydrogen-bond acceptors (Lipinski definition) is 6. The zero-order chi connectivity index (χ0) is 16.9. The van der Waals surface area contributed by atoms with E-state index < -0.39 is 0 Å². The Kier molecular flexibility index (Phi) is 5.62. The molecule has 3 amide bonds. The lowest BCUT2D eigenvalue weighted by molar-refractivity contribution is -0.140. The van der Waals surface area contributed by atoms with Crippen LogP contribution < -0.4 is 5.32 Å². The summed E-state index contributed by atoms with van der Waals surface area (Å²) in [6.07, 6.45) is 2.22. The molecule has 8 nitrogen and oxygen atoms in total. The van der Waals surface area contributed by atoms with Crippen LogP contribution in [0.2, 0.25) is 0 Å². The van der Waals surface area contributed by atoms with Gasteiger partial charge in [0.15, 0.2) is 0 Å². The number of aryl methyl sites for hydroxylation is 1. The lowest BCUT2D eigenvalue weighted by Gasteiger charge is -2.35. The molecule has 0 unspecified atom stereocenters. The predicted octanol–water partition coefficient (Wildman–Crippen LogP) is 1.20. The van der Waals surface area contributed by atoms with Crippen molar-refractivity contribution in [3.05, 3.63) is 5.01 Å². The second-order valence-electron chi connectivity index (χ2n) is 5.98. The van der Waals surface area contributed by atoms with E-state index in [1.54, 1.807) is 4.90 Å². The van der Waals surface area contributed by atoms with E-state index >= 15 is 0 Å². The smallest absolute Gasteiger partial charge is 0.323 e.